The molecule has 1 aliphatic rings. The van der Waals surface area contributed by atoms with Gasteiger partial charge in [-0.25, -0.2) is 8.78 Å². The smallest absolute Gasteiger partial charge is 0.234 e. The third kappa shape index (κ3) is 4.01. The number of amides is 1. The fourth-order valence-electron chi connectivity index (χ4n) is 3.24. The molecule has 1 fully saturated rings. The first-order valence-electron chi connectivity index (χ1n) is 8.72. The third-order valence-electron chi connectivity index (χ3n) is 4.55. The van der Waals surface area contributed by atoms with E-state index in [4.69, 9.17) is 0 Å². The maximum Gasteiger partial charge on any atom is 0.234 e. The van der Waals surface area contributed by atoms with E-state index in [0.29, 0.717) is 11.3 Å². The van der Waals surface area contributed by atoms with Crippen LogP contribution >= 0.6 is 11.8 Å². The van der Waals surface area contributed by atoms with Gasteiger partial charge in [0.25, 0.3) is 0 Å². The van der Waals surface area contributed by atoms with E-state index in [1.807, 2.05) is 12.1 Å². The Bertz CT molecular complexity index is 758. The first kappa shape index (κ1) is 18.7. The van der Waals surface area contributed by atoms with Gasteiger partial charge in [0.05, 0.1) is 5.75 Å². The van der Waals surface area contributed by atoms with Crippen molar-refractivity contribution in [2.24, 2.45) is 0 Å². The highest BCUT2D eigenvalue weighted by Crippen LogP contribution is 2.40. The Labute approximate surface area is 157 Å². The van der Waals surface area contributed by atoms with Crippen LogP contribution in [0.5, 0.6) is 0 Å². The summed E-state index contributed by atoms with van der Waals surface area (Å²) in [4.78, 5) is 16.2. The number of hydrogen-bond acceptors (Lipinski definition) is 3. The lowest BCUT2D eigenvalue weighted by molar-refractivity contribution is -0.128. The summed E-state index contributed by atoms with van der Waals surface area (Å²) in [5.74, 6) is -0.892. The molecular weight excluding hydrogens is 354 g/mol. The lowest BCUT2D eigenvalue weighted by Crippen LogP contribution is -2.28. The summed E-state index contributed by atoms with van der Waals surface area (Å²) in [6.45, 7) is 6.29. The van der Waals surface area contributed by atoms with Crippen LogP contribution in [0.15, 0.2) is 42.5 Å². The van der Waals surface area contributed by atoms with E-state index in [1.165, 1.54) is 12.1 Å². The van der Waals surface area contributed by atoms with E-state index in [-0.39, 0.29) is 17.8 Å². The van der Waals surface area contributed by atoms with Gasteiger partial charge in [-0.3, -0.25) is 4.79 Å². The SMILES string of the molecule is CCN(CC)c1ccc(C2SCC(=O)N2Cc2cc(F)cc(F)c2)cc1. The number of nitrogens with zero attached hydrogens (tertiary/aromatic N) is 2. The van der Waals surface area contributed by atoms with Crippen LogP contribution in [0.3, 0.4) is 0 Å². The molecule has 0 radical (unpaired) electrons. The Hall–Kier alpha value is -2.08. The Kier molecular flexibility index (Phi) is 5.81. The first-order valence-corrected chi connectivity index (χ1v) is 9.77. The van der Waals surface area contributed by atoms with Crippen molar-refractivity contribution in [3.8, 4) is 0 Å². The largest absolute Gasteiger partial charge is 0.372 e. The predicted octanol–water partition coefficient (Wildman–Crippen LogP) is 4.59. The van der Waals surface area contributed by atoms with Gasteiger partial charge in [0.15, 0.2) is 0 Å². The second kappa shape index (κ2) is 8.08. The third-order valence-corrected chi connectivity index (χ3v) is 5.81. The monoisotopic (exact) mass is 376 g/mol. The maximum absolute atomic E-state index is 13.5. The van der Waals surface area contributed by atoms with E-state index in [9.17, 15) is 13.6 Å². The zero-order chi connectivity index (χ0) is 18.7. The zero-order valence-corrected chi connectivity index (χ0v) is 15.7. The number of hydrogen-bond donors (Lipinski definition) is 0. The van der Waals surface area contributed by atoms with Crippen molar-refractivity contribution in [2.75, 3.05) is 23.7 Å². The molecule has 2 aromatic rings. The topological polar surface area (TPSA) is 23.6 Å². The van der Waals surface area contributed by atoms with Crippen LogP contribution in [0.1, 0.15) is 30.3 Å². The van der Waals surface area contributed by atoms with Gasteiger partial charge in [-0.15, -0.1) is 11.8 Å². The maximum atomic E-state index is 13.5. The molecule has 1 unspecified atom stereocenters. The van der Waals surface area contributed by atoms with Crippen LogP contribution in [0.25, 0.3) is 0 Å². The zero-order valence-electron chi connectivity index (χ0n) is 14.9. The summed E-state index contributed by atoms with van der Waals surface area (Å²) < 4.78 is 26.9. The molecular formula is C20H22F2N2OS. The number of carbonyl (C=O) groups is 1. The number of benzene rings is 2. The fourth-order valence-corrected chi connectivity index (χ4v) is 4.43. The number of rotatable bonds is 6. The van der Waals surface area contributed by atoms with Crippen molar-refractivity contribution in [3.63, 3.8) is 0 Å². The summed E-state index contributed by atoms with van der Waals surface area (Å²) in [6.07, 6.45) is 0. The summed E-state index contributed by atoms with van der Waals surface area (Å²) in [6, 6.07) is 11.6. The molecule has 0 bridgehead atoms. The molecule has 0 aromatic heterocycles. The summed E-state index contributed by atoms with van der Waals surface area (Å²) in [5, 5.41) is -0.139. The van der Waals surface area contributed by atoms with Crippen molar-refractivity contribution in [1.82, 2.24) is 4.90 Å². The molecule has 138 valence electrons. The van der Waals surface area contributed by atoms with Crippen LogP contribution in [0.4, 0.5) is 14.5 Å². The number of halogens is 2. The summed E-state index contributed by atoms with van der Waals surface area (Å²) >= 11 is 1.54. The highest BCUT2D eigenvalue weighted by Gasteiger charge is 2.32. The molecule has 3 nitrogen and oxygen atoms in total. The van der Waals surface area contributed by atoms with Crippen LogP contribution in [0.2, 0.25) is 0 Å². The van der Waals surface area contributed by atoms with Gasteiger partial charge in [0, 0.05) is 31.4 Å². The Morgan fingerprint density at radius 3 is 2.27 bits per heavy atom. The minimum absolute atomic E-state index is 0.0162. The van der Waals surface area contributed by atoms with Crippen LogP contribution < -0.4 is 4.90 Å². The lowest BCUT2D eigenvalue weighted by atomic mass is 10.1. The number of thioether (sulfide) groups is 1. The summed E-state index contributed by atoms with van der Waals surface area (Å²) in [5.41, 5.74) is 2.63. The highest BCUT2D eigenvalue weighted by molar-refractivity contribution is 8.00. The molecule has 1 atom stereocenters. The molecule has 0 spiro atoms. The van der Waals surface area contributed by atoms with Crippen LogP contribution in [0, 0.1) is 11.6 Å². The Morgan fingerprint density at radius 2 is 1.69 bits per heavy atom. The van der Waals surface area contributed by atoms with Crippen LogP contribution in [-0.4, -0.2) is 29.6 Å². The van der Waals surface area contributed by atoms with Gasteiger partial charge in [-0.2, -0.15) is 0 Å². The van der Waals surface area contributed by atoms with E-state index < -0.39 is 11.6 Å². The number of anilines is 1. The Morgan fingerprint density at radius 1 is 1.08 bits per heavy atom. The van der Waals surface area contributed by atoms with Crippen molar-refractivity contribution in [3.05, 3.63) is 65.2 Å². The Balaban J connectivity index is 1.81. The molecule has 26 heavy (non-hydrogen) atoms. The van der Waals surface area contributed by atoms with E-state index in [1.54, 1.807) is 16.7 Å². The van der Waals surface area contributed by atoms with Gasteiger partial charge in [0.2, 0.25) is 5.91 Å². The van der Waals surface area contributed by atoms with Crippen molar-refractivity contribution >= 4 is 23.4 Å². The van der Waals surface area contributed by atoms with E-state index in [2.05, 4.69) is 30.9 Å². The molecule has 0 N–H and O–H groups in total. The fraction of sp³-hybridized carbons (Fsp3) is 0.350. The van der Waals surface area contributed by atoms with Gasteiger partial charge < -0.3 is 9.80 Å². The van der Waals surface area contributed by atoms with E-state index >= 15 is 0 Å². The van der Waals surface area contributed by atoms with Crippen molar-refractivity contribution in [2.45, 2.75) is 25.8 Å². The van der Waals surface area contributed by atoms with Gasteiger partial charge in [0.1, 0.15) is 17.0 Å². The van der Waals surface area contributed by atoms with Crippen molar-refractivity contribution < 1.29 is 13.6 Å². The molecule has 1 amide bonds. The lowest BCUT2D eigenvalue weighted by Gasteiger charge is -2.26. The predicted molar refractivity (Wildman–Crippen MR) is 102 cm³/mol. The molecule has 0 aliphatic carbocycles. The molecule has 2 aromatic carbocycles. The minimum Gasteiger partial charge on any atom is -0.372 e. The van der Waals surface area contributed by atoms with Gasteiger partial charge >= 0.3 is 0 Å². The molecule has 1 aliphatic heterocycles. The average Bonchev–Trinajstić information content (AvgIpc) is 2.96. The van der Waals surface area contributed by atoms with Gasteiger partial charge in [-0.1, -0.05) is 12.1 Å². The standard InChI is InChI=1S/C20H22F2N2OS/c1-3-23(4-2)18-7-5-15(6-8-18)20-24(19(25)13-26-20)12-14-9-16(21)11-17(22)10-14/h5-11,20H,3-4,12-13H2,1-2H3. The molecule has 1 heterocycles. The van der Waals surface area contributed by atoms with Crippen LogP contribution in [-0.2, 0) is 11.3 Å². The minimum atomic E-state index is -0.626. The molecule has 0 saturated carbocycles. The highest BCUT2D eigenvalue weighted by atomic mass is 32.2. The normalized spacial score (nSPS) is 17.0. The second-order valence-corrected chi connectivity index (χ2v) is 7.30. The molecule has 6 heteroatoms. The summed E-state index contributed by atoms with van der Waals surface area (Å²) in [7, 11) is 0. The quantitative estimate of drug-likeness (QED) is 0.737. The average molecular weight is 376 g/mol. The van der Waals surface area contributed by atoms with Crippen molar-refractivity contribution in [1.29, 1.82) is 0 Å². The van der Waals surface area contributed by atoms with Gasteiger partial charge in [-0.05, 0) is 49.2 Å². The molecule has 1 saturated heterocycles. The molecule has 3 rings (SSSR count). The second-order valence-electron chi connectivity index (χ2n) is 6.23. The van der Waals surface area contributed by atoms with E-state index in [0.717, 1.165) is 30.4 Å². The first-order chi connectivity index (χ1) is 12.5. The number of carbonyl (C=O) groups excluding carboxylic acids is 1.